The van der Waals surface area contributed by atoms with Crippen LogP contribution in [0.2, 0.25) is 0 Å². The van der Waals surface area contributed by atoms with Crippen molar-refractivity contribution in [1.29, 1.82) is 0 Å². The van der Waals surface area contributed by atoms with E-state index in [4.69, 9.17) is 0 Å². The molecule has 0 aliphatic heterocycles. The van der Waals surface area contributed by atoms with Crippen LogP contribution in [-0.4, -0.2) is 29.2 Å². The Morgan fingerprint density at radius 1 is 1.17 bits per heavy atom. The molecule has 0 radical (unpaired) electrons. The molecule has 0 atom stereocenters. The molecule has 1 N–H and O–H groups in total. The lowest BCUT2D eigenvalue weighted by Gasteiger charge is -2.34. The van der Waals surface area contributed by atoms with Crippen molar-refractivity contribution in [2.45, 2.75) is 38.3 Å². The molecule has 0 bridgehead atoms. The van der Waals surface area contributed by atoms with Crippen molar-refractivity contribution >= 4 is 0 Å². The molecule has 1 aliphatic carbocycles. The topological polar surface area (TPSA) is 23.5 Å². The molecule has 2 heteroatoms. The first-order chi connectivity index (χ1) is 8.79. The number of aliphatic hydroxyl groups is 1. The van der Waals surface area contributed by atoms with Crippen LogP contribution < -0.4 is 0 Å². The van der Waals surface area contributed by atoms with E-state index in [1.54, 1.807) is 0 Å². The van der Waals surface area contributed by atoms with Crippen molar-refractivity contribution in [2.24, 2.45) is 0 Å². The van der Waals surface area contributed by atoms with Crippen molar-refractivity contribution in [1.82, 2.24) is 4.90 Å². The third-order valence-electron chi connectivity index (χ3n) is 3.79. The quantitative estimate of drug-likeness (QED) is 0.806. The largest absolute Gasteiger partial charge is 0.395 e. The van der Waals surface area contributed by atoms with Gasteiger partial charge in [0.2, 0.25) is 0 Å². The fourth-order valence-electron chi connectivity index (χ4n) is 2.71. The second-order valence-corrected chi connectivity index (χ2v) is 5.16. The zero-order valence-electron chi connectivity index (χ0n) is 11.0. The maximum absolute atomic E-state index is 9.24. The summed E-state index contributed by atoms with van der Waals surface area (Å²) < 4.78 is 0. The van der Waals surface area contributed by atoms with Crippen molar-refractivity contribution < 1.29 is 5.11 Å². The van der Waals surface area contributed by atoms with Gasteiger partial charge in [0.05, 0.1) is 6.61 Å². The van der Waals surface area contributed by atoms with E-state index in [-0.39, 0.29) is 6.61 Å². The van der Waals surface area contributed by atoms with Gasteiger partial charge < -0.3 is 5.11 Å². The van der Waals surface area contributed by atoms with E-state index in [1.807, 2.05) is 6.07 Å². The SMILES string of the molecule is C=C1CCC(N(CCO)Cc2ccccc2)CC1. The first kappa shape index (κ1) is 13.3. The van der Waals surface area contributed by atoms with Crippen molar-refractivity contribution in [3.8, 4) is 0 Å². The summed E-state index contributed by atoms with van der Waals surface area (Å²) in [6, 6.07) is 11.1. The summed E-state index contributed by atoms with van der Waals surface area (Å²) in [4.78, 5) is 2.42. The van der Waals surface area contributed by atoms with E-state index in [9.17, 15) is 5.11 Å². The molecule has 18 heavy (non-hydrogen) atoms. The number of nitrogens with zero attached hydrogens (tertiary/aromatic N) is 1. The summed E-state index contributed by atoms with van der Waals surface area (Å²) in [6.07, 6.45) is 4.65. The highest BCUT2D eigenvalue weighted by molar-refractivity contribution is 5.14. The fourth-order valence-corrected chi connectivity index (χ4v) is 2.71. The summed E-state index contributed by atoms with van der Waals surface area (Å²) >= 11 is 0. The Labute approximate surface area is 110 Å². The summed E-state index contributed by atoms with van der Waals surface area (Å²) in [7, 11) is 0. The number of rotatable bonds is 5. The minimum Gasteiger partial charge on any atom is -0.395 e. The Bertz CT molecular complexity index is 364. The highest BCUT2D eigenvalue weighted by Gasteiger charge is 2.21. The Morgan fingerprint density at radius 2 is 1.83 bits per heavy atom. The van der Waals surface area contributed by atoms with Crippen LogP contribution in [0, 0.1) is 0 Å². The van der Waals surface area contributed by atoms with Gasteiger partial charge in [0.1, 0.15) is 0 Å². The molecule has 1 saturated carbocycles. The Kier molecular flexibility index (Phi) is 4.97. The van der Waals surface area contributed by atoms with E-state index in [0.29, 0.717) is 6.04 Å². The van der Waals surface area contributed by atoms with Gasteiger partial charge in [0, 0.05) is 19.1 Å². The van der Waals surface area contributed by atoms with Gasteiger partial charge in [-0.1, -0.05) is 42.5 Å². The molecule has 0 saturated heterocycles. The van der Waals surface area contributed by atoms with Crippen LogP contribution in [0.15, 0.2) is 42.5 Å². The van der Waals surface area contributed by atoms with Crippen molar-refractivity contribution in [3.63, 3.8) is 0 Å². The molecule has 0 spiro atoms. The molecule has 0 amide bonds. The molecule has 1 aromatic carbocycles. The molecule has 2 rings (SSSR count). The summed E-state index contributed by atoms with van der Waals surface area (Å²) in [5.41, 5.74) is 2.71. The molecule has 1 fully saturated rings. The predicted octanol–water partition coefficient (Wildman–Crippen LogP) is 2.98. The van der Waals surface area contributed by atoms with E-state index in [2.05, 4.69) is 35.7 Å². The second kappa shape index (κ2) is 6.72. The smallest absolute Gasteiger partial charge is 0.0558 e. The highest BCUT2D eigenvalue weighted by atomic mass is 16.3. The lowest BCUT2D eigenvalue weighted by atomic mass is 9.90. The summed E-state index contributed by atoms with van der Waals surface area (Å²) in [5.74, 6) is 0. The average Bonchev–Trinajstić information content (AvgIpc) is 2.40. The van der Waals surface area contributed by atoms with Crippen LogP contribution in [0.1, 0.15) is 31.2 Å². The van der Waals surface area contributed by atoms with Gasteiger partial charge in [-0.15, -0.1) is 0 Å². The van der Waals surface area contributed by atoms with Gasteiger partial charge in [-0.3, -0.25) is 4.90 Å². The van der Waals surface area contributed by atoms with Gasteiger partial charge in [0.25, 0.3) is 0 Å². The maximum atomic E-state index is 9.24. The molecular weight excluding hydrogens is 222 g/mol. The third-order valence-corrected chi connectivity index (χ3v) is 3.79. The lowest BCUT2D eigenvalue weighted by Crippen LogP contribution is -2.38. The van der Waals surface area contributed by atoms with Crippen molar-refractivity contribution in [2.75, 3.05) is 13.2 Å². The first-order valence-electron chi connectivity index (χ1n) is 6.85. The van der Waals surface area contributed by atoms with Gasteiger partial charge in [-0.2, -0.15) is 0 Å². The molecule has 1 aliphatic rings. The Balaban J connectivity index is 1.97. The maximum Gasteiger partial charge on any atom is 0.0558 e. The van der Waals surface area contributed by atoms with Crippen LogP contribution in [0.4, 0.5) is 0 Å². The van der Waals surface area contributed by atoms with E-state index < -0.39 is 0 Å². The van der Waals surface area contributed by atoms with Crippen LogP contribution in [0.25, 0.3) is 0 Å². The molecule has 0 aromatic heterocycles. The number of hydrogen-bond acceptors (Lipinski definition) is 2. The third kappa shape index (κ3) is 3.69. The number of hydrogen-bond donors (Lipinski definition) is 1. The number of benzene rings is 1. The summed E-state index contributed by atoms with van der Waals surface area (Å²) in [6.45, 7) is 6.02. The molecule has 1 aromatic rings. The monoisotopic (exact) mass is 245 g/mol. The van der Waals surface area contributed by atoms with E-state index in [0.717, 1.165) is 25.9 Å². The molecule has 2 nitrogen and oxygen atoms in total. The van der Waals surface area contributed by atoms with Crippen molar-refractivity contribution in [3.05, 3.63) is 48.0 Å². The minimum absolute atomic E-state index is 0.240. The predicted molar refractivity (Wildman–Crippen MR) is 75.3 cm³/mol. The van der Waals surface area contributed by atoms with Crippen LogP contribution in [0.5, 0.6) is 0 Å². The van der Waals surface area contributed by atoms with E-state index in [1.165, 1.54) is 24.0 Å². The fraction of sp³-hybridized carbons (Fsp3) is 0.500. The van der Waals surface area contributed by atoms with Gasteiger partial charge in [-0.25, -0.2) is 0 Å². The molecular formula is C16H23NO. The normalized spacial score (nSPS) is 17.3. The van der Waals surface area contributed by atoms with E-state index >= 15 is 0 Å². The van der Waals surface area contributed by atoms with Crippen LogP contribution >= 0.6 is 0 Å². The minimum atomic E-state index is 0.240. The van der Waals surface area contributed by atoms with Gasteiger partial charge >= 0.3 is 0 Å². The van der Waals surface area contributed by atoms with Gasteiger partial charge in [0.15, 0.2) is 0 Å². The second-order valence-electron chi connectivity index (χ2n) is 5.16. The van der Waals surface area contributed by atoms with Gasteiger partial charge in [-0.05, 0) is 31.2 Å². The lowest BCUT2D eigenvalue weighted by molar-refractivity contribution is 0.125. The zero-order valence-corrected chi connectivity index (χ0v) is 11.0. The number of aliphatic hydroxyl groups excluding tert-OH is 1. The molecule has 0 heterocycles. The Morgan fingerprint density at radius 3 is 2.44 bits per heavy atom. The zero-order chi connectivity index (χ0) is 12.8. The average molecular weight is 245 g/mol. The van der Waals surface area contributed by atoms with Crippen LogP contribution in [0.3, 0.4) is 0 Å². The first-order valence-corrected chi connectivity index (χ1v) is 6.85. The molecule has 98 valence electrons. The Hall–Kier alpha value is -1.12. The standard InChI is InChI=1S/C16H23NO/c1-14-7-9-16(10-8-14)17(11-12-18)13-15-5-3-2-4-6-15/h2-6,16,18H,1,7-13H2. The highest BCUT2D eigenvalue weighted by Crippen LogP contribution is 2.26. The summed E-state index contributed by atoms with van der Waals surface area (Å²) in [5, 5.41) is 9.24. The number of allylic oxidation sites excluding steroid dienone is 1. The van der Waals surface area contributed by atoms with Crippen LogP contribution in [-0.2, 0) is 6.54 Å². The molecule has 0 unspecified atom stereocenters.